The quantitative estimate of drug-likeness (QED) is 0.412. The number of ketones is 1. The number of fused-ring (bicyclic) bond motifs is 8. The van der Waals surface area contributed by atoms with Crippen LogP contribution >= 0.6 is 0 Å². The van der Waals surface area contributed by atoms with E-state index in [1.165, 1.54) is 6.92 Å². The van der Waals surface area contributed by atoms with Crippen LogP contribution in [-0.2, 0) is 4.79 Å². The van der Waals surface area contributed by atoms with Crippen LogP contribution in [0.5, 0.6) is 0 Å². The number of rotatable bonds is 2. The summed E-state index contributed by atoms with van der Waals surface area (Å²) in [6.45, 7) is 5.49. The third-order valence-corrected chi connectivity index (χ3v) is 4.92. The number of nitrogens with one attached hydrogen (secondary N) is 2. The lowest BCUT2D eigenvalue weighted by atomic mass is 10.1. The number of aromatic nitrogens is 4. The van der Waals surface area contributed by atoms with Gasteiger partial charge in [0.05, 0.1) is 22.8 Å². The Kier molecular flexibility index (Phi) is 3.88. The first-order chi connectivity index (χ1) is 14.0. The fourth-order valence-electron chi connectivity index (χ4n) is 3.46. The molecule has 2 aliphatic heterocycles. The molecule has 5 heterocycles. The average Bonchev–Trinajstić information content (AvgIpc) is 3.45. The van der Waals surface area contributed by atoms with Gasteiger partial charge in [-0.3, -0.25) is 4.79 Å². The largest absolute Gasteiger partial charge is 0.355 e. The Morgan fingerprint density at radius 2 is 1.28 bits per heavy atom. The molecule has 0 aliphatic carbocycles. The second kappa shape index (κ2) is 6.56. The van der Waals surface area contributed by atoms with Crippen molar-refractivity contribution in [2.24, 2.45) is 0 Å². The molecule has 0 saturated heterocycles. The van der Waals surface area contributed by atoms with Crippen molar-refractivity contribution in [3.63, 3.8) is 0 Å². The topological polar surface area (TPSA) is 74.4 Å². The zero-order valence-electron chi connectivity index (χ0n) is 15.9. The van der Waals surface area contributed by atoms with Crippen LogP contribution in [0.4, 0.5) is 0 Å². The maximum Gasteiger partial charge on any atom is 0.159 e. The average molecular weight is 378 g/mol. The first-order valence-corrected chi connectivity index (χ1v) is 9.32. The van der Waals surface area contributed by atoms with Gasteiger partial charge < -0.3 is 9.97 Å². The predicted octanol–water partition coefficient (Wildman–Crippen LogP) is 5.26. The Balaban J connectivity index is 1.85. The van der Waals surface area contributed by atoms with Gasteiger partial charge in [0.2, 0.25) is 0 Å². The zero-order valence-corrected chi connectivity index (χ0v) is 15.9. The summed E-state index contributed by atoms with van der Waals surface area (Å²) in [5.74, 6) is -0.0637. The Morgan fingerprint density at radius 3 is 1.83 bits per heavy atom. The van der Waals surface area contributed by atoms with E-state index in [9.17, 15) is 4.79 Å². The lowest BCUT2D eigenvalue weighted by Crippen LogP contribution is -1.92. The Morgan fingerprint density at radius 1 is 0.759 bits per heavy atom. The number of allylic oxidation sites excluding steroid dienone is 1. The summed E-state index contributed by atoms with van der Waals surface area (Å²) >= 11 is 0. The normalized spacial score (nSPS) is 12.3. The third kappa shape index (κ3) is 3.34. The van der Waals surface area contributed by atoms with E-state index >= 15 is 0 Å². The van der Waals surface area contributed by atoms with E-state index < -0.39 is 0 Å². The maximum atomic E-state index is 11.9. The minimum Gasteiger partial charge on any atom is -0.355 e. The molecule has 29 heavy (non-hydrogen) atoms. The Labute approximate surface area is 167 Å². The summed E-state index contributed by atoms with van der Waals surface area (Å²) in [6.07, 6.45) is 7.86. The van der Waals surface area contributed by atoms with Crippen LogP contribution in [0.2, 0.25) is 0 Å². The van der Waals surface area contributed by atoms with Gasteiger partial charge in [-0.25, -0.2) is 9.97 Å². The summed E-state index contributed by atoms with van der Waals surface area (Å²) in [5.41, 5.74) is 8.21. The van der Waals surface area contributed by atoms with Crippen molar-refractivity contribution in [2.75, 3.05) is 0 Å². The van der Waals surface area contributed by atoms with E-state index in [4.69, 9.17) is 0 Å². The van der Waals surface area contributed by atoms with E-state index in [2.05, 4.69) is 26.5 Å². The SMILES string of the molecule is C=C(C(C)=O)c1cc2cc3nc(cc4ccc(cc5nc(cc1[nH]2)C=C5)[nH]4)C=C3. The molecule has 2 aliphatic rings. The van der Waals surface area contributed by atoms with E-state index in [-0.39, 0.29) is 5.78 Å². The summed E-state index contributed by atoms with van der Waals surface area (Å²) in [6, 6.07) is 13.9. The summed E-state index contributed by atoms with van der Waals surface area (Å²) in [4.78, 5) is 28.0. The lowest BCUT2D eigenvalue weighted by molar-refractivity contribution is -0.111. The number of aromatic amines is 2. The van der Waals surface area contributed by atoms with Crippen molar-refractivity contribution in [1.82, 2.24) is 19.9 Å². The second-order valence-corrected chi connectivity index (χ2v) is 7.12. The fraction of sp³-hybridized carbons (Fsp3) is 0.0417. The van der Waals surface area contributed by atoms with E-state index in [1.807, 2.05) is 66.8 Å². The maximum absolute atomic E-state index is 11.9. The molecular weight excluding hydrogens is 360 g/mol. The molecule has 5 heteroatoms. The molecule has 0 spiro atoms. The summed E-state index contributed by atoms with van der Waals surface area (Å²) in [7, 11) is 0. The van der Waals surface area contributed by atoms with Crippen molar-refractivity contribution in [3.05, 3.63) is 77.4 Å². The van der Waals surface area contributed by atoms with Gasteiger partial charge in [-0.1, -0.05) is 6.58 Å². The van der Waals surface area contributed by atoms with Crippen molar-refractivity contribution in [2.45, 2.75) is 6.92 Å². The Bertz CT molecular complexity index is 1400. The highest BCUT2D eigenvalue weighted by Gasteiger charge is 2.10. The second-order valence-electron chi connectivity index (χ2n) is 7.12. The highest BCUT2D eigenvalue weighted by Crippen LogP contribution is 2.24. The molecule has 0 atom stereocenters. The highest BCUT2D eigenvalue weighted by molar-refractivity contribution is 6.21. The molecular formula is C24H18N4O. The van der Waals surface area contributed by atoms with Crippen LogP contribution in [0.1, 0.15) is 35.3 Å². The van der Waals surface area contributed by atoms with Gasteiger partial charge in [0.25, 0.3) is 0 Å². The molecule has 0 unspecified atom stereocenters. The van der Waals surface area contributed by atoms with Crippen LogP contribution in [0.15, 0.2) is 49.0 Å². The van der Waals surface area contributed by atoms with Gasteiger partial charge in [-0.05, 0) is 73.7 Å². The van der Waals surface area contributed by atoms with Gasteiger partial charge >= 0.3 is 0 Å². The first kappa shape index (κ1) is 17.1. The minimum absolute atomic E-state index is 0.0637. The molecule has 5 rings (SSSR count). The van der Waals surface area contributed by atoms with Crippen molar-refractivity contribution < 1.29 is 4.79 Å². The molecule has 2 N–H and O–H groups in total. The van der Waals surface area contributed by atoms with Gasteiger partial charge in [0.15, 0.2) is 5.78 Å². The molecule has 0 saturated carbocycles. The van der Waals surface area contributed by atoms with Crippen molar-refractivity contribution in [3.8, 4) is 0 Å². The molecule has 0 radical (unpaired) electrons. The zero-order chi connectivity index (χ0) is 20.0. The van der Waals surface area contributed by atoms with Crippen LogP contribution in [0.3, 0.4) is 0 Å². The smallest absolute Gasteiger partial charge is 0.159 e. The van der Waals surface area contributed by atoms with Crippen LogP contribution < -0.4 is 0 Å². The number of Topliss-reactive ketones (excluding diaryl/α,β-unsaturated/α-hetero) is 1. The molecule has 8 bridgehead atoms. The van der Waals surface area contributed by atoms with Gasteiger partial charge in [-0.2, -0.15) is 0 Å². The molecule has 0 fully saturated rings. The van der Waals surface area contributed by atoms with Gasteiger partial charge in [0, 0.05) is 33.2 Å². The third-order valence-electron chi connectivity index (χ3n) is 4.92. The summed E-state index contributed by atoms with van der Waals surface area (Å²) in [5, 5.41) is 0. The van der Waals surface area contributed by atoms with Crippen molar-refractivity contribution in [1.29, 1.82) is 0 Å². The van der Waals surface area contributed by atoms with Crippen LogP contribution in [0.25, 0.3) is 51.9 Å². The van der Waals surface area contributed by atoms with Crippen LogP contribution in [-0.4, -0.2) is 25.7 Å². The number of carbonyl (C=O) groups excluding carboxylic acids is 1. The van der Waals surface area contributed by atoms with E-state index in [0.29, 0.717) is 5.57 Å². The minimum atomic E-state index is -0.0637. The van der Waals surface area contributed by atoms with E-state index in [0.717, 1.165) is 50.4 Å². The van der Waals surface area contributed by atoms with Gasteiger partial charge in [0.1, 0.15) is 0 Å². The molecule has 0 amide bonds. The lowest BCUT2D eigenvalue weighted by Gasteiger charge is -1.97. The predicted molar refractivity (Wildman–Crippen MR) is 119 cm³/mol. The molecule has 3 aromatic heterocycles. The molecule has 0 aromatic carbocycles. The fourth-order valence-corrected chi connectivity index (χ4v) is 3.46. The number of carbonyl (C=O) groups is 1. The van der Waals surface area contributed by atoms with E-state index in [1.54, 1.807) is 0 Å². The number of hydrogen-bond acceptors (Lipinski definition) is 3. The van der Waals surface area contributed by atoms with Crippen molar-refractivity contribution >= 4 is 57.7 Å². The highest BCUT2D eigenvalue weighted by atomic mass is 16.1. The Hall–Kier alpha value is -3.99. The standard InChI is InChI=1S/C24H18N4O/c1-14(15(2)29)23-12-22-11-20-6-5-18(26-20)9-16-3-4-17(25-16)10-19-7-8-21(27-19)13-24(23)28-22/h3-13,25,28H,1H2,2H3. The van der Waals surface area contributed by atoms with Crippen LogP contribution in [0, 0.1) is 0 Å². The number of nitrogens with zero attached hydrogens (tertiary/aromatic N) is 2. The summed E-state index contributed by atoms with van der Waals surface area (Å²) < 4.78 is 0. The van der Waals surface area contributed by atoms with Gasteiger partial charge in [-0.15, -0.1) is 0 Å². The number of H-pyrrole nitrogens is 2. The molecule has 5 nitrogen and oxygen atoms in total. The molecule has 140 valence electrons. The first-order valence-electron chi connectivity index (χ1n) is 9.32. The monoisotopic (exact) mass is 378 g/mol. The molecule has 3 aromatic rings. The number of hydrogen-bond donors (Lipinski definition) is 2.